The van der Waals surface area contributed by atoms with Gasteiger partial charge in [0, 0.05) is 25.6 Å². The van der Waals surface area contributed by atoms with Gasteiger partial charge in [-0.2, -0.15) is 0 Å². The summed E-state index contributed by atoms with van der Waals surface area (Å²) in [7, 11) is 0. The van der Waals surface area contributed by atoms with Crippen LogP contribution in [-0.2, 0) is 4.79 Å². The van der Waals surface area contributed by atoms with E-state index in [4.69, 9.17) is 10.2 Å². The van der Waals surface area contributed by atoms with Crippen LogP contribution in [0.4, 0.5) is 4.79 Å². The number of aliphatic hydroxyl groups excluding tert-OH is 1. The van der Waals surface area contributed by atoms with Gasteiger partial charge in [0.05, 0.1) is 6.61 Å². The summed E-state index contributed by atoms with van der Waals surface area (Å²) >= 11 is 0. The Hall–Kier alpha value is -1.30. The van der Waals surface area contributed by atoms with Crippen LogP contribution >= 0.6 is 0 Å². The van der Waals surface area contributed by atoms with Crippen molar-refractivity contribution < 1.29 is 19.8 Å². The van der Waals surface area contributed by atoms with Gasteiger partial charge in [-0.05, 0) is 18.8 Å². The Morgan fingerprint density at radius 1 is 1.29 bits per heavy atom. The first-order valence-corrected chi connectivity index (χ1v) is 7.95. The average molecular weight is 300 g/mol. The number of urea groups is 1. The summed E-state index contributed by atoms with van der Waals surface area (Å²) in [5, 5.41) is 20.8. The highest BCUT2D eigenvalue weighted by atomic mass is 16.4. The van der Waals surface area contributed by atoms with Crippen LogP contribution in [-0.4, -0.2) is 52.9 Å². The van der Waals surface area contributed by atoms with E-state index in [-0.39, 0.29) is 31.0 Å². The van der Waals surface area contributed by atoms with Crippen LogP contribution in [0.1, 0.15) is 51.9 Å². The highest BCUT2D eigenvalue weighted by Gasteiger charge is 2.25. The number of hydrogen-bond donors (Lipinski definition) is 3. The van der Waals surface area contributed by atoms with Crippen molar-refractivity contribution in [3.8, 4) is 0 Å². The Morgan fingerprint density at radius 2 is 1.95 bits per heavy atom. The number of hydrogen-bond acceptors (Lipinski definition) is 3. The average Bonchev–Trinajstić information content (AvgIpc) is 2.49. The molecule has 3 N–H and O–H groups in total. The van der Waals surface area contributed by atoms with Crippen LogP contribution in [0.5, 0.6) is 0 Å². The molecule has 0 heterocycles. The lowest BCUT2D eigenvalue weighted by molar-refractivity contribution is -0.138. The number of nitrogens with one attached hydrogen (secondary N) is 1. The summed E-state index contributed by atoms with van der Waals surface area (Å²) in [6.07, 6.45) is 6.21. The first-order chi connectivity index (χ1) is 10.1. The fourth-order valence-corrected chi connectivity index (χ4v) is 2.89. The van der Waals surface area contributed by atoms with Crippen LogP contribution in [0.25, 0.3) is 0 Å². The fraction of sp³-hybridized carbons (Fsp3) is 0.867. The number of amides is 2. The Morgan fingerprint density at radius 3 is 2.48 bits per heavy atom. The highest BCUT2D eigenvalue weighted by molar-refractivity contribution is 5.74. The van der Waals surface area contributed by atoms with Crippen molar-refractivity contribution in [3.05, 3.63) is 0 Å². The zero-order valence-electron chi connectivity index (χ0n) is 12.9. The quantitative estimate of drug-likeness (QED) is 0.638. The van der Waals surface area contributed by atoms with Crippen molar-refractivity contribution >= 4 is 12.0 Å². The van der Waals surface area contributed by atoms with Gasteiger partial charge in [0.15, 0.2) is 0 Å². The summed E-state index contributed by atoms with van der Waals surface area (Å²) in [5.41, 5.74) is 0. The second kappa shape index (κ2) is 9.60. The molecule has 0 saturated heterocycles. The minimum absolute atomic E-state index is 0.0454. The lowest BCUT2D eigenvalue weighted by atomic mass is 9.94. The Labute approximate surface area is 126 Å². The summed E-state index contributed by atoms with van der Waals surface area (Å²) in [4.78, 5) is 24.8. The molecule has 1 aliphatic rings. The van der Waals surface area contributed by atoms with E-state index >= 15 is 0 Å². The molecule has 1 aliphatic carbocycles. The van der Waals surface area contributed by atoms with Crippen molar-refractivity contribution in [2.75, 3.05) is 19.7 Å². The molecule has 0 spiro atoms. The van der Waals surface area contributed by atoms with Crippen LogP contribution < -0.4 is 5.32 Å². The van der Waals surface area contributed by atoms with Crippen molar-refractivity contribution in [1.82, 2.24) is 10.2 Å². The summed E-state index contributed by atoms with van der Waals surface area (Å²) < 4.78 is 0. The number of carboxylic acids is 1. The molecular weight excluding hydrogens is 272 g/mol. The molecule has 1 rings (SSSR count). The maximum absolute atomic E-state index is 12.3. The third-order valence-corrected chi connectivity index (χ3v) is 4.20. The molecule has 0 aromatic carbocycles. The third kappa shape index (κ3) is 6.33. The van der Waals surface area contributed by atoms with Gasteiger partial charge in [0.2, 0.25) is 0 Å². The standard InChI is InChI=1S/C15H28N2O4/c1-2-12(10-14(19)20)11-16-15(21)17(8-9-18)13-6-4-3-5-7-13/h12-13,18H,2-11H2,1H3,(H,16,21)(H,19,20). The first kappa shape index (κ1) is 17.8. The lowest BCUT2D eigenvalue weighted by Gasteiger charge is -2.34. The topological polar surface area (TPSA) is 89.9 Å². The number of carbonyl (C=O) groups excluding carboxylic acids is 1. The van der Waals surface area contributed by atoms with Gasteiger partial charge >= 0.3 is 12.0 Å². The molecule has 0 radical (unpaired) electrons. The van der Waals surface area contributed by atoms with Crippen molar-refractivity contribution in [2.45, 2.75) is 57.9 Å². The fourth-order valence-electron chi connectivity index (χ4n) is 2.89. The maximum atomic E-state index is 12.3. The van der Waals surface area contributed by atoms with Gasteiger partial charge in [0.1, 0.15) is 0 Å². The zero-order chi connectivity index (χ0) is 15.7. The molecule has 1 saturated carbocycles. The number of carbonyl (C=O) groups is 2. The van der Waals surface area contributed by atoms with Gasteiger partial charge in [-0.15, -0.1) is 0 Å². The number of rotatable bonds is 8. The maximum Gasteiger partial charge on any atom is 0.317 e. The van der Waals surface area contributed by atoms with E-state index in [9.17, 15) is 9.59 Å². The smallest absolute Gasteiger partial charge is 0.317 e. The third-order valence-electron chi connectivity index (χ3n) is 4.20. The van der Waals surface area contributed by atoms with Crippen molar-refractivity contribution in [1.29, 1.82) is 0 Å². The highest BCUT2D eigenvalue weighted by Crippen LogP contribution is 2.22. The van der Waals surface area contributed by atoms with Gasteiger partial charge in [-0.1, -0.05) is 32.6 Å². The summed E-state index contributed by atoms with van der Waals surface area (Å²) in [6.45, 7) is 2.59. The molecule has 1 fully saturated rings. The Bertz CT molecular complexity index is 330. The van der Waals surface area contributed by atoms with E-state index < -0.39 is 5.97 Å². The van der Waals surface area contributed by atoms with Crippen molar-refractivity contribution in [2.24, 2.45) is 5.92 Å². The second-order valence-electron chi connectivity index (χ2n) is 5.77. The predicted octanol–water partition coefficient (Wildman–Crippen LogP) is 1.82. The molecular formula is C15H28N2O4. The van der Waals surface area contributed by atoms with Crippen molar-refractivity contribution in [3.63, 3.8) is 0 Å². The molecule has 0 bridgehead atoms. The minimum atomic E-state index is -0.837. The van der Waals surface area contributed by atoms with E-state index in [1.54, 1.807) is 4.90 Å². The molecule has 0 aromatic heterocycles. The Balaban J connectivity index is 2.49. The van der Waals surface area contributed by atoms with Crippen LogP contribution in [0.15, 0.2) is 0 Å². The Kier molecular flexibility index (Phi) is 8.12. The van der Waals surface area contributed by atoms with E-state index in [0.29, 0.717) is 13.1 Å². The predicted molar refractivity (Wildman–Crippen MR) is 80.1 cm³/mol. The molecule has 0 aromatic rings. The second-order valence-corrected chi connectivity index (χ2v) is 5.77. The molecule has 122 valence electrons. The molecule has 1 atom stereocenters. The van der Waals surface area contributed by atoms with Gasteiger partial charge in [0.25, 0.3) is 0 Å². The lowest BCUT2D eigenvalue weighted by Crippen LogP contribution is -2.49. The van der Waals surface area contributed by atoms with E-state index in [2.05, 4.69) is 5.32 Å². The molecule has 0 aliphatic heterocycles. The van der Waals surface area contributed by atoms with E-state index in [1.165, 1.54) is 6.42 Å². The van der Waals surface area contributed by atoms with E-state index in [0.717, 1.165) is 32.1 Å². The molecule has 21 heavy (non-hydrogen) atoms. The monoisotopic (exact) mass is 300 g/mol. The largest absolute Gasteiger partial charge is 0.481 e. The van der Waals surface area contributed by atoms with Crippen LogP contribution in [0.3, 0.4) is 0 Å². The zero-order valence-corrected chi connectivity index (χ0v) is 12.9. The number of aliphatic carboxylic acids is 1. The molecule has 6 nitrogen and oxygen atoms in total. The van der Waals surface area contributed by atoms with Gasteiger partial charge in [-0.25, -0.2) is 4.79 Å². The SMILES string of the molecule is CCC(CNC(=O)N(CCO)C1CCCCC1)CC(=O)O. The number of aliphatic hydroxyl groups is 1. The minimum Gasteiger partial charge on any atom is -0.481 e. The van der Waals surface area contributed by atoms with Gasteiger partial charge in [-0.3, -0.25) is 4.79 Å². The van der Waals surface area contributed by atoms with Crippen LogP contribution in [0, 0.1) is 5.92 Å². The van der Waals surface area contributed by atoms with Crippen LogP contribution in [0.2, 0.25) is 0 Å². The molecule has 6 heteroatoms. The number of carboxylic acid groups (broad SMARTS) is 1. The van der Waals surface area contributed by atoms with E-state index in [1.807, 2.05) is 6.92 Å². The number of nitrogens with zero attached hydrogens (tertiary/aromatic N) is 1. The normalized spacial score (nSPS) is 17.2. The first-order valence-electron chi connectivity index (χ1n) is 7.95. The summed E-state index contributed by atoms with van der Waals surface area (Å²) in [6, 6.07) is 0.0187. The van der Waals surface area contributed by atoms with Gasteiger partial charge < -0.3 is 20.4 Å². The molecule has 2 amide bonds. The summed E-state index contributed by atoms with van der Waals surface area (Å²) in [5.74, 6) is -0.885. The molecule has 1 unspecified atom stereocenters.